The molecule has 0 amide bonds. The number of hydrogen-bond acceptors (Lipinski definition) is 3. The number of ketones is 2. The fourth-order valence-corrected chi connectivity index (χ4v) is 6.46. The van der Waals surface area contributed by atoms with E-state index in [1.54, 1.807) is 0 Å². The zero-order valence-electron chi connectivity index (χ0n) is 13.7. The smallest absolute Gasteiger partial charge is 0.197 e. The van der Waals surface area contributed by atoms with Crippen LogP contribution in [0.25, 0.3) is 0 Å². The van der Waals surface area contributed by atoms with Crippen LogP contribution >= 0.6 is 0 Å². The van der Waals surface area contributed by atoms with Gasteiger partial charge >= 0.3 is 0 Å². The van der Waals surface area contributed by atoms with Gasteiger partial charge in [-0.05, 0) is 67.3 Å². The van der Waals surface area contributed by atoms with E-state index >= 15 is 0 Å². The summed E-state index contributed by atoms with van der Waals surface area (Å²) in [5, 5.41) is 10.3. The first-order chi connectivity index (χ1) is 10.4. The highest BCUT2D eigenvalue weighted by Gasteiger charge is 2.59. The summed E-state index contributed by atoms with van der Waals surface area (Å²) >= 11 is 0. The third-order valence-electron chi connectivity index (χ3n) is 7.80. The van der Waals surface area contributed by atoms with Crippen LogP contribution in [-0.2, 0) is 9.59 Å². The second-order valence-corrected chi connectivity index (χ2v) is 8.50. The number of rotatable bonds is 0. The van der Waals surface area contributed by atoms with Crippen LogP contribution in [0.1, 0.15) is 65.2 Å². The Kier molecular flexibility index (Phi) is 2.93. The molecule has 3 saturated carbocycles. The molecular formula is C19H26O3. The van der Waals surface area contributed by atoms with E-state index in [0.29, 0.717) is 30.0 Å². The first-order valence-electron chi connectivity index (χ1n) is 8.87. The summed E-state index contributed by atoms with van der Waals surface area (Å²) < 4.78 is 0. The molecule has 0 radical (unpaired) electrons. The van der Waals surface area contributed by atoms with Crippen LogP contribution < -0.4 is 0 Å². The molecule has 3 nitrogen and oxygen atoms in total. The van der Waals surface area contributed by atoms with Gasteiger partial charge in [-0.3, -0.25) is 9.59 Å². The molecule has 120 valence electrons. The number of allylic oxidation sites excluding steroid dienone is 1. The lowest BCUT2D eigenvalue weighted by atomic mass is 9.47. The summed E-state index contributed by atoms with van der Waals surface area (Å²) in [5.41, 5.74) is 0.914. The van der Waals surface area contributed by atoms with Crippen LogP contribution in [-0.4, -0.2) is 16.7 Å². The van der Waals surface area contributed by atoms with Crippen LogP contribution in [0.5, 0.6) is 0 Å². The molecule has 0 bridgehead atoms. The zero-order valence-corrected chi connectivity index (χ0v) is 13.7. The van der Waals surface area contributed by atoms with Crippen molar-refractivity contribution in [3.8, 4) is 0 Å². The van der Waals surface area contributed by atoms with Crippen molar-refractivity contribution < 1.29 is 14.7 Å². The number of aliphatic hydroxyl groups excluding tert-OH is 1. The quantitative estimate of drug-likeness (QED) is 0.736. The minimum absolute atomic E-state index is 0.0200. The van der Waals surface area contributed by atoms with Crippen molar-refractivity contribution in [3.05, 3.63) is 11.3 Å². The maximum Gasteiger partial charge on any atom is 0.197 e. The fraction of sp³-hybridized carbons (Fsp3) is 0.789. The topological polar surface area (TPSA) is 54.4 Å². The molecular weight excluding hydrogens is 276 g/mol. The van der Waals surface area contributed by atoms with Gasteiger partial charge in [0.25, 0.3) is 0 Å². The molecule has 0 aromatic carbocycles. The SMILES string of the molecule is CC12CCC3[C@@H](CCC4=C(O)C(=O)CC[C@@]43C)C1CCC2=O. The largest absolute Gasteiger partial charge is 0.504 e. The average molecular weight is 302 g/mol. The van der Waals surface area contributed by atoms with E-state index in [2.05, 4.69) is 13.8 Å². The Balaban J connectivity index is 1.73. The molecule has 0 spiro atoms. The van der Waals surface area contributed by atoms with E-state index in [4.69, 9.17) is 0 Å². The Hall–Kier alpha value is -1.12. The Labute approximate surface area is 132 Å². The van der Waals surface area contributed by atoms with Gasteiger partial charge in [0.1, 0.15) is 5.78 Å². The summed E-state index contributed by atoms with van der Waals surface area (Å²) in [6, 6.07) is 0. The summed E-state index contributed by atoms with van der Waals surface area (Å²) in [4.78, 5) is 24.2. The predicted octanol–water partition coefficient (Wildman–Crippen LogP) is 3.97. The van der Waals surface area contributed by atoms with Crippen LogP contribution in [0, 0.1) is 28.6 Å². The van der Waals surface area contributed by atoms with Crippen LogP contribution in [0.2, 0.25) is 0 Å². The summed E-state index contributed by atoms with van der Waals surface area (Å²) in [6.45, 7) is 4.46. The van der Waals surface area contributed by atoms with E-state index in [-0.39, 0.29) is 22.4 Å². The highest BCUT2D eigenvalue weighted by molar-refractivity contribution is 5.95. The van der Waals surface area contributed by atoms with Gasteiger partial charge in [-0.15, -0.1) is 0 Å². The average Bonchev–Trinajstić information content (AvgIpc) is 2.79. The Bertz CT molecular complexity index is 589. The highest BCUT2D eigenvalue weighted by atomic mass is 16.3. The Morgan fingerprint density at radius 3 is 2.41 bits per heavy atom. The normalized spacial score (nSPS) is 48.0. The van der Waals surface area contributed by atoms with E-state index in [0.717, 1.165) is 50.5 Å². The monoisotopic (exact) mass is 302 g/mol. The summed E-state index contributed by atoms with van der Waals surface area (Å²) in [6.07, 6.45) is 7.13. The molecule has 0 aliphatic heterocycles. The molecule has 0 aromatic heterocycles. The lowest BCUT2D eigenvalue weighted by Crippen LogP contribution is -2.51. The van der Waals surface area contributed by atoms with Crippen molar-refractivity contribution in [1.29, 1.82) is 0 Å². The van der Waals surface area contributed by atoms with Gasteiger partial charge in [0.05, 0.1) is 0 Å². The summed E-state index contributed by atoms with van der Waals surface area (Å²) in [7, 11) is 0. The second kappa shape index (κ2) is 4.46. The number of Topliss-reactive ketones (excluding diaryl/α,β-unsaturated/α-hetero) is 2. The molecule has 22 heavy (non-hydrogen) atoms. The molecule has 3 fully saturated rings. The molecule has 0 saturated heterocycles. The first kappa shape index (κ1) is 14.5. The van der Waals surface area contributed by atoms with Crippen molar-refractivity contribution >= 4 is 11.6 Å². The van der Waals surface area contributed by atoms with Gasteiger partial charge in [0, 0.05) is 18.3 Å². The highest BCUT2D eigenvalue weighted by Crippen LogP contribution is 2.64. The van der Waals surface area contributed by atoms with Gasteiger partial charge in [0.15, 0.2) is 11.5 Å². The Morgan fingerprint density at radius 2 is 1.64 bits per heavy atom. The maximum atomic E-state index is 12.4. The summed E-state index contributed by atoms with van der Waals surface area (Å²) in [5.74, 6) is 2.14. The molecule has 3 unspecified atom stereocenters. The van der Waals surface area contributed by atoms with Crippen LogP contribution in [0.3, 0.4) is 0 Å². The van der Waals surface area contributed by atoms with E-state index < -0.39 is 0 Å². The molecule has 4 aliphatic rings. The lowest BCUT2D eigenvalue weighted by Gasteiger charge is -2.56. The standard InChI is InChI=1S/C19H26O3/c1-18-10-8-15(20)17(22)14(18)4-3-11-12-5-6-16(21)19(12,2)9-7-13(11)18/h11-13,22H,3-10H2,1-2H3/t11-,12?,13?,18+,19?/m0/s1. The Morgan fingerprint density at radius 1 is 0.909 bits per heavy atom. The number of carbonyl (C=O) groups excluding carboxylic acids is 2. The molecule has 3 heteroatoms. The van der Waals surface area contributed by atoms with Crippen molar-refractivity contribution in [2.45, 2.75) is 65.2 Å². The third kappa shape index (κ3) is 1.63. The van der Waals surface area contributed by atoms with Gasteiger partial charge in [-0.1, -0.05) is 13.8 Å². The van der Waals surface area contributed by atoms with Gasteiger partial charge < -0.3 is 5.11 Å². The van der Waals surface area contributed by atoms with Crippen LogP contribution in [0.15, 0.2) is 11.3 Å². The van der Waals surface area contributed by atoms with Gasteiger partial charge in [-0.25, -0.2) is 0 Å². The number of hydrogen-bond donors (Lipinski definition) is 1. The molecule has 1 N–H and O–H groups in total. The first-order valence-corrected chi connectivity index (χ1v) is 8.87. The molecule has 0 heterocycles. The second-order valence-electron chi connectivity index (χ2n) is 8.50. The third-order valence-corrected chi connectivity index (χ3v) is 7.80. The fourth-order valence-electron chi connectivity index (χ4n) is 6.46. The van der Waals surface area contributed by atoms with Crippen molar-refractivity contribution in [1.82, 2.24) is 0 Å². The van der Waals surface area contributed by atoms with Crippen molar-refractivity contribution in [3.63, 3.8) is 0 Å². The molecule has 0 aromatic rings. The van der Waals surface area contributed by atoms with Gasteiger partial charge in [0.2, 0.25) is 0 Å². The van der Waals surface area contributed by atoms with Crippen molar-refractivity contribution in [2.24, 2.45) is 28.6 Å². The number of fused-ring (bicyclic) bond motifs is 5. The van der Waals surface area contributed by atoms with Gasteiger partial charge in [-0.2, -0.15) is 0 Å². The van der Waals surface area contributed by atoms with E-state index in [1.807, 2.05) is 0 Å². The molecule has 4 aliphatic carbocycles. The molecule has 5 atom stereocenters. The van der Waals surface area contributed by atoms with E-state index in [9.17, 15) is 14.7 Å². The maximum absolute atomic E-state index is 12.4. The minimum atomic E-state index is -0.0920. The minimum Gasteiger partial charge on any atom is -0.504 e. The number of aliphatic hydroxyl groups is 1. The molecule has 4 rings (SSSR count). The predicted molar refractivity (Wildman–Crippen MR) is 83.3 cm³/mol. The number of carbonyl (C=O) groups is 2. The lowest BCUT2D eigenvalue weighted by molar-refractivity contribution is -0.133. The van der Waals surface area contributed by atoms with Crippen molar-refractivity contribution in [2.75, 3.05) is 0 Å². The zero-order chi connectivity index (χ0) is 15.7. The van der Waals surface area contributed by atoms with E-state index in [1.165, 1.54) is 0 Å². The van der Waals surface area contributed by atoms with Crippen LogP contribution in [0.4, 0.5) is 0 Å².